The SMILES string of the molecule is CCNC(=NCC1(c2ccccc2)CC1)NC1CCN(S(=O)(=O)C(F)(F)F)CC1. The zero-order valence-corrected chi connectivity index (χ0v) is 17.2. The summed E-state index contributed by atoms with van der Waals surface area (Å²) in [4.78, 5) is 4.71. The number of benzene rings is 1. The summed E-state index contributed by atoms with van der Waals surface area (Å²) in [6.07, 6.45) is 2.74. The Balaban J connectivity index is 1.59. The number of halogens is 3. The average molecular weight is 433 g/mol. The zero-order valence-electron chi connectivity index (χ0n) is 16.4. The Bertz CT molecular complexity index is 816. The lowest BCUT2D eigenvalue weighted by Gasteiger charge is -2.32. The van der Waals surface area contributed by atoms with Crippen molar-refractivity contribution in [1.29, 1.82) is 0 Å². The number of alkyl halides is 3. The number of nitrogens with one attached hydrogen (secondary N) is 2. The average Bonchev–Trinajstić information content (AvgIpc) is 3.48. The molecule has 1 aliphatic carbocycles. The summed E-state index contributed by atoms with van der Waals surface area (Å²) in [6, 6.07) is 10.1. The topological polar surface area (TPSA) is 73.8 Å². The number of nitrogens with zero attached hydrogens (tertiary/aromatic N) is 2. The molecule has 10 heteroatoms. The second-order valence-electron chi connectivity index (χ2n) is 7.61. The van der Waals surface area contributed by atoms with Crippen LogP contribution >= 0.6 is 0 Å². The summed E-state index contributed by atoms with van der Waals surface area (Å²) in [5.41, 5.74) is -3.92. The molecule has 1 aliphatic heterocycles. The van der Waals surface area contributed by atoms with Crippen LogP contribution in [0.15, 0.2) is 35.3 Å². The monoisotopic (exact) mass is 432 g/mol. The van der Waals surface area contributed by atoms with Crippen LogP contribution in [0.4, 0.5) is 13.2 Å². The Morgan fingerprint density at radius 1 is 1.21 bits per heavy atom. The van der Waals surface area contributed by atoms with E-state index < -0.39 is 15.5 Å². The van der Waals surface area contributed by atoms with Crippen molar-refractivity contribution in [2.75, 3.05) is 26.2 Å². The molecule has 0 unspecified atom stereocenters. The van der Waals surface area contributed by atoms with Gasteiger partial charge in [-0.25, -0.2) is 8.42 Å². The minimum atomic E-state index is -5.25. The van der Waals surface area contributed by atoms with E-state index in [1.54, 1.807) is 0 Å². The molecule has 1 aromatic rings. The summed E-state index contributed by atoms with van der Waals surface area (Å²) in [5, 5.41) is 6.43. The molecule has 0 bridgehead atoms. The third kappa shape index (κ3) is 5.03. The molecule has 0 amide bonds. The van der Waals surface area contributed by atoms with Crippen LogP contribution in [0.3, 0.4) is 0 Å². The number of guanidine groups is 1. The highest BCUT2D eigenvalue weighted by molar-refractivity contribution is 7.90. The second-order valence-corrected chi connectivity index (χ2v) is 9.54. The predicted molar refractivity (Wildman–Crippen MR) is 106 cm³/mol. The number of piperidine rings is 1. The molecule has 3 rings (SSSR count). The molecule has 1 saturated heterocycles. The highest BCUT2D eigenvalue weighted by Gasteiger charge is 2.50. The minimum Gasteiger partial charge on any atom is -0.357 e. The fourth-order valence-corrected chi connectivity index (χ4v) is 4.60. The molecule has 0 radical (unpaired) electrons. The molecule has 0 spiro atoms. The van der Waals surface area contributed by atoms with Gasteiger partial charge in [-0.2, -0.15) is 17.5 Å². The fourth-order valence-electron chi connectivity index (χ4n) is 3.61. The van der Waals surface area contributed by atoms with Crippen LogP contribution in [0.2, 0.25) is 0 Å². The van der Waals surface area contributed by atoms with Crippen LogP contribution in [0.1, 0.15) is 38.2 Å². The summed E-state index contributed by atoms with van der Waals surface area (Å²) in [6.45, 7) is 2.92. The van der Waals surface area contributed by atoms with Gasteiger partial charge >= 0.3 is 15.5 Å². The predicted octanol–water partition coefficient (Wildman–Crippen LogP) is 2.59. The van der Waals surface area contributed by atoms with Crippen LogP contribution < -0.4 is 10.6 Å². The van der Waals surface area contributed by atoms with Gasteiger partial charge in [0.05, 0.1) is 6.54 Å². The molecule has 0 atom stereocenters. The standard InChI is InChI=1S/C19H27F3N4O2S/c1-2-23-17(24-14-18(10-11-18)15-6-4-3-5-7-15)25-16-8-12-26(13-9-16)29(27,28)19(20,21)22/h3-7,16H,2,8-14H2,1H3,(H2,23,24,25). The first-order chi connectivity index (χ1) is 13.7. The third-order valence-corrected chi connectivity index (χ3v) is 7.18. The molecule has 2 N–H and O–H groups in total. The molecule has 29 heavy (non-hydrogen) atoms. The van der Waals surface area contributed by atoms with Gasteiger partial charge in [-0.3, -0.25) is 4.99 Å². The summed E-state index contributed by atoms with van der Waals surface area (Å²) >= 11 is 0. The zero-order chi connectivity index (χ0) is 21.1. The first-order valence-electron chi connectivity index (χ1n) is 9.85. The summed E-state index contributed by atoms with van der Waals surface area (Å²) in [5.74, 6) is 0.617. The van der Waals surface area contributed by atoms with Crippen LogP contribution in [-0.4, -0.2) is 56.4 Å². The van der Waals surface area contributed by atoms with Gasteiger partial charge in [-0.1, -0.05) is 30.3 Å². The van der Waals surface area contributed by atoms with E-state index in [0.717, 1.165) is 12.8 Å². The van der Waals surface area contributed by atoms with E-state index >= 15 is 0 Å². The van der Waals surface area contributed by atoms with Gasteiger partial charge in [-0.15, -0.1) is 0 Å². The van der Waals surface area contributed by atoms with Gasteiger partial charge in [-0.05, 0) is 38.2 Å². The normalized spacial score (nSPS) is 21.0. The number of hydrogen-bond acceptors (Lipinski definition) is 3. The Morgan fingerprint density at radius 2 is 1.83 bits per heavy atom. The van der Waals surface area contributed by atoms with Gasteiger partial charge < -0.3 is 10.6 Å². The highest BCUT2D eigenvalue weighted by atomic mass is 32.2. The van der Waals surface area contributed by atoms with Gasteiger partial charge in [0.25, 0.3) is 0 Å². The number of hydrogen-bond donors (Lipinski definition) is 2. The van der Waals surface area contributed by atoms with Crippen molar-refractivity contribution in [1.82, 2.24) is 14.9 Å². The van der Waals surface area contributed by atoms with Crippen LogP contribution in [0.25, 0.3) is 0 Å². The molecule has 6 nitrogen and oxygen atoms in total. The third-order valence-electron chi connectivity index (χ3n) is 5.55. The van der Waals surface area contributed by atoms with Crippen molar-refractivity contribution >= 4 is 16.0 Å². The smallest absolute Gasteiger partial charge is 0.357 e. The molecular formula is C19H27F3N4O2S. The Morgan fingerprint density at radius 3 is 2.34 bits per heavy atom. The van der Waals surface area contributed by atoms with Gasteiger partial charge in [0.15, 0.2) is 5.96 Å². The van der Waals surface area contributed by atoms with Crippen LogP contribution in [0, 0.1) is 0 Å². The van der Waals surface area contributed by atoms with Crippen molar-refractivity contribution in [3.63, 3.8) is 0 Å². The highest BCUT2D eigenvalue weighted by Crippen LogP contribution is 2.48. The second kappa shape index (κ2) is 8.51. The molecule has 2 aliphatic rings. The maximum absolute atomic E-state index is 12.7. The van der Waals surface area contributed by atoms with E-state index in [0.29, 0.717) is 36.2 Å². The number of rotatable bonds is 6. The van der Waals surface area contributed by atoms with Crippen LogP contribution in [-0.2, 0) is 15.4 Å². The molecular weight excluding hydrogens is 405 g/mol. The maximum Gasteiger partial charge on any atom is 0.511 e. The molecule has 1 heterocycles. The van der Waals surface area contributed by atoms with E-state index in [4.69, 9.17) is 4.99 Å². The van der Waals surface area contributed by atoms with Crippen molar-refractivity contribution in [3.05, 3.63) is 35.9 Å². The molecule has 162 valence electrons. The van der Waals surface area contributed by atoms with E-state index in [-0.39, 0.29) is 24.5 Å². The summed E-state index contributed by atoms with van der Waals surface area (Å²) in [7, 11) is -5.25. The summed E-state index contributed by atoms with van der Waals surface area (Å²) < 4.78 is 61.7. The Labute approximate surface area is 169 Å². The van der Waals surface area contributed by atoms with Crippen LogP contribution in [0.5, 0.6) is 0 Å². The quantitative estimate of drug-likeness (QED) is 0.535. The van der Waals surface area contributed by atoms with E-state index in [9.17, 15) is 21.6 Å². The van der Waals surface area contributed by atoms with E-state index in [1.807, 2.05) is 25.1 Å². The van der Waals surface area contributed by atoms with Crippen molar-refractivity contribution in [3.8, 4) is 0 Å². The van der Waals surface area contributed by atoms with E-state index in [2.05, 4.69) is 22.8 Å². The van der Waals surface area contributed by atoms with Crippen molar-refractivity contribution in [2.24, 2.45) is 4.99 Å². The van der Waals surface area contributed by atoms with E-state index in [1.165, 1.54) is 5.56 Å². The lowest BCUT2D eigenvalue weighted by molar-refractivity contribution is -0.0494. The fraction of sp³-hybridized carbons (Fsp3) is 0.632. The number of aliphatic imine (C=N–C) groups is 1. The first kappa shape index (κ1) is 21.9. The lowest BCUT2D eigenvalue weighted by Crippen LogP contribution is -2.51. The van der Waals surface area contributed by atoms with Crippen molar-refractivity contribution in [2.45, 2.75) is 49.6 Å². The van der Waals surface area contributed by atoms with Gasteiger partial charge in [0.2, 0.25) is 0 Å². The molecule has 1 aromatic carbocycles. The van der Waals surface area contributed by atoms with Gasteiger partial charge in [0, 0.05) is 31.1 Å². The molecule has 0 aromatic heterocycles. The Hall–Kier alpha value is -1.81. The lowest BCUT2D eigenvalue weighted by atomic mass is 9.96. The first-order valence-corrected chi connectivity index (χ1v) is 11.3. The Kier molecular flexibility index (Phi) is 6.42. The number of sulfonamides is 1. The van der Waals surface area contributed by atoms with Crippen molar-refractivity contribution < 1.29 is 21.6 Å². The molecule has 2 fully saturated rings. The van der Waals surface area contributed by atoms with Gasteiger partial charge in [0.1, 0.15) is 0 Å². The largest absolute Gasteiger partial charge is 0.511 e. The molecule has 1 saturated carbocycles. The minimum absolute atomic E-state index is 0.0633. The maximum atomic E-state index is 12.7.